The molecule has 17 heteroatoms. The first-order valence-electron chi connectivity index (χ1n) is 16.3. The van der Waals surface area contributed by atoms with E-state index in [9.17, 15) is 13.2 Å². The van der Waals surface area contributed by atoms with Crippen molar-refractivity contribution >= 4 is 45.1 Å². The zero-order chi connectivity index (χ0) is 36.1. The van der Waals surface area contributed by atoms with Crippen molar-refractivity contribution < 1.29 is 17.9 Å². The van der Waals surface area contributed by atoms with Crippen LogP contribution in [0.15, 0.2) is 79.6 Å². The molecule has 0 aliphatic carbocycles. The highest BCUT2D eigenvalue weighted by atomic mass is 19.4. The number of aryl methyl sites for hydroxylation is 1. The van der Waals surface area contributed by atoms with Gasteiger partial charge in [0.05, 0.1) is 34.3 Å². The molecule has 1 fully saturated rings. The molecule has 264 valence electrons. The Kier molecular flexibility index (Phi) is 9.62. The fourth-order valence-electron chi connectivity index (χ4n) is 5.61. The number of ether oxygens (including phenoxy) is 1. The van der Waals surface area contributed by atoms with Crippen LogP contribution in [0.2, 0.25) is 0 Å². The summed E-state index contributed by atoms with van der Waals surface area (Å²) < 4.78 is 44.2. The average Bonchev–Trinajstić information content (AvgIpc) is 3.89. The van der Waals surface area contributed by atoms with Gasteiger partial charge in [-0.15, -0.1) is 0 Å². The highest BCUT2D eigenvalue weighted by Gasteiger charge is 2.27. The third-order valence-electron chi connectivity index (χ3n) is 8.12. The van der Waals surface area contributed by atoms with Crippen LogP contribution in [0.25, 0.3) is 44.5 Å². The van der Waals surface area contributed by atoms with E-state index >= 15 is 0 Å². The molecule has 0 atom stereocenters. The summed E-state index contributed by atoms with van der Waals surface area (Å²) in [5.74, 6) is 1.42. The Bertz CT molecular complexity index is 2350. The molecule has 0 bridgehead atoms. The van der Waals surface area contributed by atoms with E-state index in [-0.39, 0.29) is 5.95 Å². The lowest BCUT2D eigenvalue weighted by Gasteiger charge is -2.23. The predicted octanol–water partition coefficient (Wildman–Crippen LogP) is 6.56. The molecular formula is C35H32F3N13O. The maximum Gasteiger partial charge on any atom is 0.405 e. The number of alkyl halides is 3. The van der Waals surface area contributed by atoms with Gasteiger partial charge in [0.15, 0.2) is 0 Å². The van der Waals surface area contributed by atoms with E-state index in [1.807, 2.05) is 43.6 Å². The fourth-order valence-corrected chi connectivity index (χ4v) is 5.61. The number of H-pyrrole nitrogens is 2. The number of nitrogens with zero attached hydrogens (tertiary/aromatic N) is 8. The topological polar surface area (TPSA) is 183 Å². The quantitative estimate of drug-likeness (QED) is 0.115. The first kappa shape index (κ1) is 33.9. The Hall–Kier alpha value is -6.54. The van der Waals surface area contributed by atoms with Gasteiger partial charge >= 0.3 is 6.18 Å². The highest BCUT2D eigenvalue weighted by molar-refractivity contribution is 5.88. The Morgan fingerprint density at radius 2 is 1.62 bits per heavy atom. The van der Waals surface area contributed by atoms with Crippen LogP contribution in [0.4, 0.5) is 36.4 Å². The molecule has 0 aromatic carbocycles. The summed E-state index contributed by atoms with van der Waals surface area (Å²) in [6.07, 6.45) is 7.77. The van der Waals surface area contributed by atoms with Crippen LogP contribution in [-0.4, -0.2) is 76.6 Å². The Morgan fingerprint density at radius 1 is 0.904 bits per heavy atom. The first-order valence-corrected chi connectivity index (χ1v) is 16.3. The molecule has 0 unspecified atom stereocenters. The molecular weight excluding hydrogens is 675 g/mol. The highest BCUT2D eigenvalue weighted by Crippen LogP contribution is 2.27. The molecule has 0 amide bonds. The van der Waals surface area contributed by atoms with Crippen LogP contribution in [0.5, 0.6) is 0 Å². The van der Waals surface area contributed by atoms with Crippen molar-refractivity contribution in [2.75, 3.05) is 35.7 Å². The van der Waals surface area contributed by atoms with Crippen LogP contribution in [0, 0.1) is 11.3 Å². The van der Waals surface area contributed by atoms with Crippen LogP contribution in [0.1, 0.15) is 18.5 Å². The second-order valence-electron chi connectivity index (χ2n) is 12.0. The van der Waals surface area contributed by atoms with E-state index in [2.05, 4.69) is 62.0 Å². The van der Waals surface area contributed by atoms with Crippen molar-refractivity contribution in [3.63, 3.8) is 0 Å². The van der Waals surface area contributed by atoms with Crippen molar-refractivity contribution in [3.05, 3.63) is 85.3 Å². The lowest BCUT2D eigenvalue weighted by molar-refractivity contribution is -0.115. The van der Waals surface area contributed by atoms with Crippen LogP contribution < -0.4 is 16.0 Å². The molecule has 8 rings (SSSR count). The molecule has 0 saturated carbocycles. The monoisotopic (exact) mass is 707 g/mol. The number of pyridine rings is 3. The fraction of sp³-hybridized carbons (Fsp3) is 0.229. The van der Waals surface area contributed by atoms with E-state index in [0.29, 0.717) is 23.1 Å². The van der Waals surface area contributed by atoms with E-state index in [4.69, 9.17) is 10.00 Å². The number of fused-ring (bicyclic) bond motifs is 2. The molecule has 7 aromatic heterocycles. The van der Waals surface area contributed by atoms with Crippen LogP contribution in [-0.2, 0) is 11.8 Å². The van der Waals surface area contributed by atoms with Gasteiger partial charge in [0.2, 0.25) is 5.95 Å². The maximum absolute atomic E-state index is 12.4. The molecule has 1 aliphatic heterocycles. The standard InChI is InChI=1S/C18H19F3N6O.C17H13N7/c19-18(20,21)10-24-17-22-4-1-13(27-17)15-7-11-9-23-16(8-14(11)26-15)25-12-2-5-28-6-3-12;1-24-10-14(9-21-24)22-17-6-16-12(8-20-17)5-15(23-16)11-2-3-19-13(4-11)7-18/h1,4,7-9,12,26H,2-3,5-6,10H2,(H,23,25)(H,22,24,27);2-6,8-10,23H,1H3,(H,20,22). The Morgan fingerprint density at radius 3 is 2.35 bits per heavy atom. The number of anilines is 4. The minimum Gasteiger partial charge on any atom is -0.381 e. The van der Waals surface area contributed by atoms with Gasteiger partial charge in [-0.1, -0.05) is 0 Å². The number of aromatic amines is 2. The van der Waals surface area contributed by atoms with E-state index in [1.165, 1.54) is 6.20 Å². The summed E-state index contributed by atoms with van der Waals surface area (Å²) in [4.78, 5) is 27.4. The second-order valence-corrected chi connectivity index (χ2v) is 12.0. The van der Waals surface area contributed by atoms with E-state index < -0.39 is 12.7 Å². The number of halogens is 3. The zero-order valence-corrected chi connectivity index (χ0v) is 27.7. The van der Waals surface area contributed by atoms with Crippen molar-refractivity contribution in [2.45, 2.75) is 25.1 Å². The molecule has 0 radical (unpaired) electrons. The maximum atomic E-state index is 12.4. The van der Waals surface area contributed by atoms with E-state index in [0.717, 1.165) is 76.4 Å². The largest absolute Gasteiger partial charge is 0.405 e. The van der Waals surface area contributed by atoms with Gasteiger partial charge < -0.3 is 30.7 Å². The average molecular weight is 708 g/mol. The van der Waals surface area contributed by atoms with Crippen LogP contribution >= 0.6 is 0 Å². The molecule has 5 N–H and O–H groups in total. The number of aromatic nitrogens is 9. The van der Waals surface area contributed by atoms with Gasteiger partial charge in [-0.25, -0.2) is 24.9 Å². The predicted molar refractivity (Wildman–Crippen MR) is 190 cm³/mol. The lowest BCUT2D eigenvalue weighted by Crippen LogP contribution is -2.28. The summed E-state index contributed by atoms with van der Waals surface area (Å²) in [5.41, 5.74) is 6.10. The van der Waals surface area contributed by atoms with Crippen molar-refractivity contribution in [2.24, 2.45) is 7.05 Å². The van der Waals surface area contributed by atoms with Crippen LogP contribution in [0.3, 0.4) is 0 Å². The molecule has 14 nitrogen and oxygen atoms in total. The summed E-state index contributed by atoms with van der Waals surface area (Å²) in [7, 11) is 1.86. The second kappa shape index (κ2) is 14.7. The van der Waals surface area contributed by atoms with Gasteiger partial charge in [0.25, 0.3) is 0 Å². The lowest BCUT2D eigenvalue weighted by atomic mass is 10.1. The molecule has 7 aromatic rings. The SMILES string of the molecule is Cn1cc(Nc2cc3[nH]c(-c4ccnc(C#N)c4)cc3cn2)cn1.FC(F)(F)CNc1nccc(-c2cc3cnc(NC4CCOCC4)cc3[nH]2)n1. The van der Waals surface area contributed by atoms with Crippen molar-refractivity contribution in [1.82, 2.24) is 44.7 Å². The number of hydrogen-bond acceptors (Lipinski definition) is 11. The third kappa shape index (κ3) is 8.42. The summed E-state index contributed by atoms with van der Waals surface area (Å²) in [5, 5.41) is 23.8. The molecule has 1 saturated heterocycles. The van der Waals surface area contributed by atoms with Gasteiger partial charge in [0, 0.05) is 91.5 Å². The van der Waals surface area contributed by atoms with E-state index in [1.54, 1.807) is 41.6 Å². The van der Waals surface area contributed by atoms with Gasteiger partial charge in [-0.05, 0) is 43.2 Å². The first-order chi connectivity index (χ1) is 25.2. The summed E-state index contributed by atoms with van der Waals surface area (Å²) >= 11 is 0. The molecule has 0 spiro atoms. The third-order valence-corrected chi connectivity index (χ3v) is 8.12. The normalized spacial score (nSPS) is 13.4. The smallest absolute Gasteiger partial charge is 0.381 e. The number of hydrogen-bond donors (Lipinski definition) is 5. The van der Waals surface area contributed by atoms with Gasteiger partial charge in [-0.3, -0.25) is 4.68 Å². The Labute approximate surface area is 294 Å². The van der Waals surface area contributed by atoms with Gasteiger partial charge in [-0.2, -0.15) is 23.5 Å². The summed E-state index contributed by atoms with van der Waals surface area (Å²) in [6.45, 7) is 0.296. The molecule has 1 aliphatic rings. The van der Waals surface area contributed by atoms with Gasteiger partial charge in [0.1, 0.15) is 29.9 Å². The number of nitriles is 1. The molecule has 52 heavy (non-hydrogen) atoms. The van der Waals surface area contributed by atoms with Crippen molar-refractivity contribution in [1.29, 1.82) is 5.26 Å². The Balaban J connectivity index is 0.000000164. The molecule has 8 heterocycles. The zero-order valence-electron chi connectivity index (χ0n) is 27.7. The van der Waals surface area contributed by atoms with Crippen molar-refractivity contribution in [3.8, 4) is 28.7 Å². The summed E-state index contributed by atoms with van der Waals surface area (Å²) in [6, 6.07) is 15.4. The minimum atomic E-state index is -4.33. The minimum absolute atomic E-state index is 0.0755. The number of rotatable bonds is 8. The number of nitrogens with one attached hydrogen (secondary N) is 5.